The first-order valence-corrected chi connectivity index (χ1v) is 2.99. The van der Waals surface area contributed by atoms with Crippen LogP contribution in [-0.2, 0) is 4.74 Å². The Hall–Kier alpha value is -0.520. The molecule has 0 heterocycles. The van der Waals surface area contributed by atoms with Gasteiger partial charge < -0.3 is 10.5 Å². The SMILES string of the molecule is C#CCCC(N)COC. The van der Waals surface area contributed by atoms with Crippen LogP contribution in [0.2, 0.25) is 0 Å². The Morgan fingerprint density at radius 3 is 2.89 bits per heavy atom. The van der Waals surface area contributed by atoms with Crippen LogP contribution in [0, 0.1) is 12.3 Å². The molecule has 0 aromatic rings. The van der Waals surface area contributed by atoms with Crippen molar-refractivity contribution in [3.63, 3.8) is 0 Å². The van der Waals surface area contributed by atoms with E-state index in [1.807, 2.05) is 0 Å². The van der Waals surface area contributed by atoms with Gasteiger partial charge in [0.25, 0.3) is 0 Å². The standard InChI is InChI=1S/C7H13NO/c1-3-4-5-7(8)6-9-2/h1,7H,4-6,8H2,2H3. The average molecular weight is 127 g/mol. The molecule has 0 radical (unpaired) electrons. The highest BCUT2D eigenvalue weighted by Crippen LogP contribution is 1.91. The van der Waals surface area contributed by atoms with Gasteiger partial charge in [-0.2, -0.15) is 0 Å². The third-order valence-corrected chi connectivity index (χ3v) is 1.04. The van der Waals surface area contributed by atoms with E-state index in [1.165, 1.54) is 0 Å². The first-order chi connectivity index (χ1) is 4.31. The number of nitrogens with two attached hydrogens (primary N) is 1. The normalized spacial score (nSPS) is 12.6. The Morgan fingerprint density at radius 2 is 2.44 bits per heavy atom. The second kappa shape index (κ2) is 5.61. The number of hydrogen-bond acceptors (Lipinski definition) is 2. The van der Waals surface area contributed by atoms with Crippen molar-refractivity contribution in [1.29, 1.82) is 0 Å². The van der Waals surface area contributed by atoms with Crippen molar-refractivity contribution >= 4 is 0 Å². The second-order valence-electron chi connectivity index (χ2n) is 1.96. The van der Waals surface area contributed by atoms with E-state index in [1.54, 1.807) is 7.11 Å². The lowest BCUT2D eigenvalue weighted by Crippen LogP contribution is -2.24. The van der Waals surface area contributed by atoms with Gasteiger partial charge in [0.05, 0.1) is 6.61 Å². The van der Waals surface area contributed by atoms with Gasteiger partial charge in [0.1, 0.15) is 0 Å². The summed E-state index contributed by atoms with van der Waals surface area (Å²) in [4.78, 5) is 0. The van der Waals surface area contributed by atoms with Gasteiger partial charge in [0.2, 0.25) is 0 Å². The smallest absolute Gasteiger partial charge is 0.0614 e. The van der Waals surface area contributed by atoms with Crippen molar-refractivity contribution in [2.75, 3.05) is 13.7 Å². The minimum absolute atomic E-state index is 0.103. The van der Waals surface area contributed by atoms with E-state index < -0.39 is 0 Å². The Balaban J connectivity index is 3.07. The second-order valence-corrected chi connectivity index (χ2v) is 1.96. The molecule has 0 aromatic carbocycles. The first-order valence-electron chi connectivity index (χ1n) is 2.99. The van der Waals surface area contributed by atoms with Crippen molar-refractivity contribution in [3.8, 4) is 12.3 Å². The van der Waals surface area contributed by atoms with Crippen molar-refractivity contribution in [3.05, 3.63) is 0 Å². The number of terminal acetylenes is 1. The van der Waals surface area contributed by atoms with Crippen LogP contribution < -0.4 is 5.73 Å². The van der Waals surface area contributed by atoms with Crippen molar-refractivity contribution in [1.82, 2.24) is 0 Å². The molecule has 0 aliphatic carbocycles. The van der Waals surface area contributed by atoms with Crippen LogP contribution in [0.25, 0.3) is 0 Å². The molecular formula is C7H13NO. The van der Waals surface area contributed by atoms with E-state index in [0.29, 0.717) is 6.61 Å². The van der Waals surface area contributed by atoms with Gasteiger partial charge in [-0.25, -0.2) is 0 Å². The molecule has 0 amide bonds. The molecule has 0 aliphatic rings. The predicted octanol–water partition coefficient (Wildman–Crippen LogP) is 0.374. The summed E-state index contributed by atoms with van der Waals surface area (Å²) in [6.45, 7) is 0.599. The van der Waals surface area contributed by atoms with E-state index in [2.05, 4.69) is 5.92 Å². The summed E-state index contributed by atoms with van der Waals surface area (Å²) in [5.41, 5.74) is 5.55. The maximum atomic E-state index is 5.55. The highest BCUT2D eigenvalue weighted by atomic mass is 16.5. The number of hydrogen-bond donors (Lipinski definition) is 1. The maximum absolute atomic E-state index is 5.55. The van der Waals surface area contributed by atoms with Gasteiger partial charge in [-0.3, -0.25) is 0 Å². The average Bonchev–Trinajstić information content (AvgIpc) is 1.85. The minimum Gasteiger partial charge on any atom is -0.383 e. The van der Waals surface area contributed by atoms with E-state index >= 15 is 0 Å². The lowest BCUT2D eigenvalue weighted by atomic mass is 10.2. The molecule has 0 bridgehead atoms. The van der Waals surface area contributed by atoms with Crippen LogP contribution in [0.1, 0.15) is 12.8 Å². The first kappa shape index (κ1) is 8.48. The number of rotatable bonds is 4. The minimum atomic E-state index is 0.103. The fourth-order valence-corrected chi connectivity index (χ4v) is 0.566. The molecule has 2 heteroatoms. The topological polar surface area (TPSA) is 35.2 Å². The van der Waals surface area contributed by atoms with Gasteiger partial charge in [0.15, 0.2) is 0 Å². The van der Waals surface area contributed by atoms with Crippen molar-refractivity contribution < 1.29 is 4.74 Å². The van der Waals surface area contributed by atoms with Gasteiger partial charge in [0, 0.05) is 19.6 Å². The molecule has 0 saturated carbocycles. The summed E-state index contributed by atoms with van der Waals surface area (Å²) in [7, 11) is 1.63. The summed E-state index contributed by atoms with van der Waals surface area (Å²) < 4.78 is 4.81. The molecule has 52 valence electrons. The molecule has 1 unspecified atom stereocenters. The molecule has 0 aromatic heterocycles. The van der Waals surface area contributed by atoms with Gasteiger partial charge in [-0.15, -0.1) is 12.3 Å². The maximum Gasteiger partial charge on any atom is 0.0614 e. The molecule has 0 aliphatic heterocycles. The summed E-state index contributed by atoms with van der Waals surface area (Å²) >= 11 is 0. The summed E-state index contributed by atoms with van der Waals surface area (Å²) in [5, 5.41) is 0. The molecule has 0 rings (SSSR count). The molecule has 0 fully saturated rings. The molecule has 0 saturated heterocycles. The molecule has 9 heavy (non-hydrogen) atoms. The summed E-state index contributed by atoms with van der Waals surface area (Å²) in [6.07, 6.45) is 6.62. The zero-order valence-electron chi connectivity index (χ0n) is 5.76. The Labute approximate surface area is 56.4 Å². The zero-order valence-corrected chi connectivity index (χ0v) is 5.76. The third kappa shape index (κ3) is 5.35. The highest BCUT2D eigenvalue weighted by Gasteiger charge is 1.97. The monoisotopic (exact) mass is 127 g/mol. The molecular weight excluding hydrogens is 114 g/mol. The molecule has 2 nitrogen and oxygen atoms in total. The van der Waals surface area contributed by atoms with Crippen molar-refractivity contribution in [2.45, 2.75) is 18.9 Å². The Morgan fingerprint density at radius 1 is 1.78 bits per heavy atom. The molecule has 1 atom stereocenters. The fourth-order valence-electron chi connectivity index (χ4n) is 0.566. The van der Waals surface area contributed by atoms with E-state index in [-0.39, 0.29) is 6.04 Å². The summed E-state index contributed by atoms with van der Waals surface area (Å²) in [5.74, 6) is 2.52. The predicted molar refractivity (Wildman–Crippen MR) is 37.9 cm³/mol. The van der Waals surface area contributed by atoms with Crippen molar-refractivity contribution in [2.24, 2.45) is 5.73 Å². The zero-order chi connectivity index (χ0) is 7.11. The van der Waals surface area contributed by atoms with E-state index in [4.69, 9.17) is 16.9 Å². The highest BCUT2D eigenvalue weighted by molar-refractivity contribution is 4.84. The lowest BCUT2D eigenvalue weighted by molar-refractivity contribution is 0.177. The van der Waals surface area contributed by atoms with E-state index in [9.17, 15) is 0 Å². The summed E-state index contributed by atoms with van der Waals surface area (Å²) in [6, 6.07) is 0.103. The number of methoxy groups -OCH3 is 1. The van der Waals surface area contributed by atoms with Crippen LogP contribution in [0.5, 0.6) is 0 Å². The quantitative estimate of drug-likeness (QED) is 0.554. The van der Waals surface area contributed by atoms with Gasteiger partial charge >= 0.3 is 0 Å². The molecule has 0 spiro atoms. The lowest BCUT2D eigenvalue weighted by Gasteiger charge is -2.06. The van der Waals surface area contributed by atoms with Crippen LogP contribution in [0.3, 0.4) is 0 Å². The number of ether oxygens (including phenoxy) is 1. The molecule has 2 N–H and O–H groups in total. The van der Waals surface area contributed by atoms with Gasteiger partial charge in [-0.05, 0) is 6.42 Å². The Bertz CT molecular complexity index is 95.6. The van der Waals surface area contributed by atoms with Gasteiger partial charge in [-0.1, -0.05) is 0 Å². The third-order valence-electron chi connectivity index (χ3n) is 1.04. The van der Waals surface area contributed by atoms with E-state index in [0.717, 1.165) is 12.8 Å². The van der Waals surface area contributed by atoms with Crippen LogP contribution in [0.4, 0.5) is 0 Å². The Kier molecular flexibility index (Phi) is 5.29. The van der Waals surface area contributed by atoms with Crippen LogP contribution in [0.15, 0.2) is 0 Å². The largest absolute Gasteiger partial charge is 0.383 e. The van der Waals surface area contributed by atoms with Crippen LogP contribution >= 0.6 is 0 Å². The fraction of sp³-hybridized carbons (Fsp3) is 0.714. The van der Waals surface area contributed by atoms with Crippen LogP contribution in [-0.4, -0.2) is 19.8 Å².